The van der Waals surface area contributed by atoms with Crippen molar-refractivity contribution >= 4 is 5.91 Å². The molecule has 1 aliphatic rings. The van der Waals surface area contributed by atoms with E-state index in [1.807, 2.05) is 12.1 Å². The van der Waals surface area contributed by atoms with Crippen molar-refractivity contribution in [1.29, 1.82) is 5.26 Å². The van der Waals surface area contributed by atoms with Gasteiger partial charge in [0.25, 0.3) is 0 Å². The SMILES string of the molecule is N#CCCN(Cc1cccnc1)C(=O)CCC1CCCC1. The van der Waals surface area contributed by atoms with Crippen molar-refractivity contribution in [3.63, 3.8) is 0 Å². The van der Waals surface area contributed by atoms with Crippen LogP contribution in [-0.2, 0) is 11.3 Å². The first-order valence-electron chi connectivity index (χ1n) is 7.83. The number of carbonyl (C=O) groups excluding carboxylic acids is 1. The van der Waals surface area contributed by atoms with Crippen molar-refractivity contribution in [2.24, 2.45) is 5.92 Å². The first-order valence-corrected chi connectivity index (χ1v) is 7.83. The summed E-state index contributed by atoms with van der Waals surface area (Å²) in [6.07, 6.45) is 10.7. The predicted octanol–water partition coefficient (Wildman–Crippen LogP) is 3.29. The lowest BCUT2D eigenvalue weighted by Crippen LogP contribution is -2.31. The number of nitriles is 1. The third-order valence-electron chi connectivity index (χ3n) is 4.18. The zero-order chi connectivity index (χ0) is 14.9. The fourth-order valence-corrected chi connectivity index (χ4v) is 2.97. The molecule has 0 N–H and O–H groups in total. The van der Waals surface area contributed by atoms with Gasteiger partial charge in [-0.3, -0.25) is 9.78 Å². The van der Waals surface area contributed by atoms with Crippen LogP contribution in [0.4, 0.5) is 0 Å². The largest absolute Gasteiger partial charge is 0.337 e. The van der Waals surface area contributed by atoms with Crippen LogP contribution in [0.2, 0.25) is 0 Å². The van der Waals surface area contributed by atoms with Gasteiger partial charge in [0.1, 0.15) is 0 Å². The molecule has 0 aliphatic heterocycles. The third kappa shape index (κ3) is 5.18. The van der Waals surface area contributed by atoms with E-state index < -0.39 is 0 Å². The van der Waals surface area contributed by atoms with Gasteiger partial charge in [-0.1, -0.05) is 31.7 Å². The molecule has 1 aliphatic carbocycles. The van der Waals surface area contributed by atoms with Crippen LogP contribution in [-0.4, -0.2) is 22.3 Å². The van der Waals surface area contributed by atoms with Gasteiger partial charge in [-0.05, 0) is 24.0 Å². The smallest absolute Gasteiger partial charge is 0.222 e. The third-order valence-corrected chi connectivity index (χ3v) is 4.18. The highest BCUT2D eigenvalue weighted by Crippen LogP contribution is 2.28. The maximum atomic E-state index is 12.4. The number of hydrogen-bond donors (Lipinski definition) is 0. The van der Waals surface area contributed by atoms with Crippen LogP contribution in [0.15, 0.2) is 24.5 Å². The average molecular weight is 285 g/mol. The van der Waals surface area contributed by atoms with E-state index in [4.69, 9.17) is 5.26 Å². The van der Waals surface area contributed by atoms with Crippen LogP contribution < -0.4 is 0 Å². The first kappa shape index (κ1) is 15.5. The second kappa shape index (κ2) is 8.41. The molecule has 4 heteroatoms. The maximum absolute atomic E-state index is 12.4. The summed E-state index contributed by atoms with van der Waals surface area (Å²) in [6.45, 7) is 1.06. The van der Waals surface area contributed by atoms with Gasteiger partial charge in [0.05, 0.1) is 12.5 Å². The highest BCUT2D eigenvalue weighted by atomic mass is 16.2. The molecule has 21 heavy (non-hydrogen) atoms. The van der Waals surface area contributed by atoms with E-state index in [9.17, 15) is 4.79 Å². The summed E-state index contributed by atoms with van der Waals surface area (Å²) in [5, 5.41) is 8.77. The second-order valence-electron chi connectivity index (χ2n) is 5.77. The van der Waals surface area contributed by atoms with Crippen LogP contribution >= 0.6 is 0 Å². The minimum absolute atomic E-state index is 0.168. The van der Waals surface area contributed by atoms with Gasteiger partial charge >= 0.3 is 0 Å². The molecule has 0 atom stereocenters. The van der Waals surface area contributed by atoms with Crippen molar-refractivity contribution < 1.29 is 4.79 Å². The Kier molecular flexibility index (Phi) is 6.21. The molecule has 1 saturated carbocycles. The number of pyridine rings is 1. The number of aromatic nitrogens is 1. The highest BCUT2D eigenvalue weighted by Gasteiger charge is 2.19. The molecule has 4 nitrogen and oxygen atoms in total. The van der Waals surface area contributed by atoms with E-state index >= 15 is 0 Å². The number of nitrogens with zero attached hydrogens (tertiary/aromatic N) is 3. The molecule has 0 unspecified atom stereocenters. The minimum Gasteiger partial charge on any atom is -0.337 e. The Hall–Kier alpha value is -1.89. The van der Waals surface area contributed by atoms with E-state index in [0.29, 0.717) is 25.9 Å². The van der Waals surface area contributed by atoms with Crippen molar-refractivity contribution in [3.8, 4) is 6.07 Å². The van der Waals surface area contributed by atoms with Gasteiger partial charge < -0.3 is 4.90 Å². The van der Waals surface area contributed by atoms with Crippen molar-refractivity contribution in [2.45, 2.75) is 51.5 Å². The first-order chi connectivity index (χ1) is 10.3. The van der Waals surface area contributed by atoms with Crippen LogP contribution in [0.25, 0.3) is 0 Å². The number of rotatable bonds is 7. The van der Waals surface area contributed by atoms with Gasteiger partial charge in [-0.2, -0.15) is 5.26 Å². The molecule has 0 spiro atoms. The van der Waals surface area contributed by atoms with Gasteiger partial charge in [0.2, 0.25) is 5.91 Å². The topological polar surface area (TPSA) is 57.0 Å². The van der Waals surface area contributed by atoms with Gasteiger partial charge in [0, 0.05) is 31.9 Å². The molecule has 2 rings (SSSR count). The van der Waals surface area contributed by atoms with E-state index in [1.54, 1.807) is 17.3 Å². The zero-order valence-corrected chi connectivity index (χ0v) is 12.5. The molecule has 1 heterocycles. The summed E-state index contributed by atoms with van der Waals surface area (Å²) in [7, 11) is 0. The normalized spacial score (nSPS) is 14.8. The molecule has 1 amide bonds. The van der Waals surface area contributed by atoms with E-state index in [-0.39, 0.29) is 5.91 Å². The Morgan fingerprint density at radius 3 is 2.90 bits per heavy atom. The van der Waals surface area contributed by atoms with Crippen LogP contribution in [0, 0.1) is 17.2 Å². The summed E-state index contributed by atoms with van der Waals surface area (Å²) in [5.41, 5.74) is 1.02. The van der Waals surface area contributed by atoms with Gasteiger partial charge in [-0.25, -0.2) is 0 Å². The molecule has 0 saturated heterocycles. The molecule has 0 bridgehead atoms. The lowest BCUT2D eigenvalue weighted by atomic mass is 10.0. The Morgan fingerprint density at radius 1 is 1.43 bits per heavy atom. The molecular weight excluding hydrogens is 262 g/mol. The second-order valence-corrected chi connectivity index (χ2v) is 5.77. The van der Waals surface area contributed by atoms with Crippen molar-refractivity contribution in [2.75, 3.05) is 6.54 Å². The molecule has 1 fully saturated rings. The van der Waals surface area contributed by atoms with E-state index in [2.05, 4.69) is 11.1 Å². The predicted molar refractivity (Wildman–Crippen MR) is 81.1 cm³/mol. The Labute approximate surface area is 126 Å². The standard InChI is InChI=1S/C17H23N3O/c18-10-4-12-20(14-16-7-3-11-19-13-16)17(21)9-8-15-5-1-2-6-15/h3,7,11,13,15H,1-2,4-6,8-9,12,14H2. The number of carbonyl (C=O) groups is 1. The zero-order valence-electron chi connectivity index (χ0n) is 12.5. The fourth-order valence-electron chi connectivity index (χ4n) is 2.97. The Morgan fingerprint density at radius 2 is 2.24 bits per heavy atom. The lowest BCUT2D eigenvalue weighted by molar-refractivity contribution is -0.132. The van der Waals surface area contributed by atoms with Crippen LogP contribution in [0.5, 0.6) is 0 Å². The Balaban J connectivity index is 1.87. The maximum Gasteiger partial charge on any atom is 0.222 e. The highest BCUT2D eigenvalue weighted by molar-refractivity contribution is 5.76. The number of amides is 1. The minimum atomic E-state index is 0.168. The summed E-state index contributed by atoms with van der Waals surface area (Å²) < 4.78 is 0. The Bertz CT molecular complexity index is 475. The van der Waals surface area contributed by atoms with Gasteiger partial charge in [-0.15, -0.1) is 0 Å². The average Bonchev–Trinajstić information content (AvgIpc) is 3.03. The number of hydrogen-bond acceptors (Lipinski definition) is 3. The summed E-state index contributed by atoms with van der Waals surface area (Å²) in [5.74, 6) is 0.895. The summed E-state index contributed by atoms with van der Waals surface area (Å²) in [6, 6.07) is 5.97. The van der Waals surface area contributed by atoms with E-state index in [1.165, 1.54) is 25.7 Å². The van der Waals surface area contributed by atoms with Crippen molar-refractivity contribution in [3.05, 3.63) is 30.1 Å². The quantitative estimate of drug-likeness (QED) is 0.772. The van der Waals surface area contributed by atoms with Gasteiger partial charge in [0.15, 0.2) is 0 Å². The fraction of sp³-hybridized carbons (Fsp3) is 0.588. The lowest BCUT2D eigenvalue weighted by Gasteiger charge is -2.22. The molecule has 1 aromatic heterocycles. The molecule has 0 aromatic carbocycles. The summed E-state index contributed by atoms with van der Waals surface area (Å²) >= 11 is 0. The molecule has 0 radical (unpaired) electrons. The van der Waals surface area contributed by atoms with Crippen LogP contribution in [0.1, 0.15) is 50.5 Å². The monoisotopic (exact) mass is 285 g/mol. The van der Waals surface area contributed by atoms with Crippen LogP contribution in [0.3, 0.4) is 0 Å². The molecule has 1 aromatic rings. The van der Waals surface area contributed by atoms with Crippen molar-refractivity contribution in [1.82, 2.24) is 9.88 Å². The summed E-state index contributed by atoms with van der Waals surface area (Å²) in [4.78, 5) is 18.3. The molecular formula is C17H23N3O. The van der Waals surface area contributed by atoms with E-state index in [0.717, 1.165) is 17.9 Å². The molecule has 112 valence electrons.